The van der Waals surface area contributed by atoms with E-state index in [-0.39, 0.29) is 12.2 Å². The maximum atomic E-state index is 12.0. The molecule has 0 heterocycles. The normalized spacial score (nSPS) is 8.46. The first-order valence-electron chi connectivity index (χ1n) is 3.58. The zero-order valence-corrected chi connectivity index (χ0v) is 7.20. The molecule has 3 nitrogen and oxygen atoms in total. The average molecular weight is 186 g/mol. The highest BCUT2D eigenvalue weighted by Gasteiger charge is 1.98. The third-order valence-corrected chi connectivity index (χ3v) is 1.38. The van der Waals surface area contributed by atoms with Crippen LogP contribution < -0.4 is 0 Å². The molecule has 0 saturated carbocycles. The molecule has 0 bridgehead atoms. The van der Waals surface area contributed by atoms with Crippen LogP contribution >= 0.6 is 0 Å². The summed E-state index contributed by atoms with van der Waals surface area (Å²) in [6.45, 7) is 1.01. The topological polar surface area (TPSA) is 57.5 Å². The molecule has 2 N–H and O–H groups in total. The zero-order valence-electron chi connectivity index (χ0n) is 7.20. The predicted molar refractivity (Wildman–Crippen MR) is 46.3 cm³/mol. The zero-order chi connectivity index (χ0) is 10.3. The fourth-order valence-corrected chi connectivity index (χ4v) is 0.821. The monoisotopic (exact) mass is 186 g/mol. The first-order chi connectivity index (χ1) is 6.15. The maximum Gasteiger partial charge on any atom is 0.290 e. The van der Waals surface area contributed by atoms with Gasteiger partial charge in [-0.05, 0) is 19.1 Å². The second kappa shape index (κ2) is 5.99. The van der Waals surface area contributed by atoms with Crippen LogP contribution in [0.1, 0.15) is 11.1 Å². The Morgan fingerprint density at radius 3 is 2.46 bits per heavy atom. The number of aromatic hydroxyl groups is 1. The lowest BCUT2D eigenvalue weighted by Crippen LogP contribution is -1.80. The van der Waals surface area contributed by atoms with E-state index in [9.17, 15) is 4.39 Å². The number of halogens is 1. The van der Waals surface area contributed by atoms with Crippen molar-refractivity contribution in [1.82, 2.24) is 0 Å². The number of carboxylic acid groups (broad SMARTS) is 1. The quantitative estimate of drug-likeness (QED) is 0.658. The van der Waals surface area contributed by atoms with Crippen LogP contribution in [-0.4, -0.2) is 16.7 Å². The number of hydrogen-bond acceptors (Lipinski definition) is 2. The van der Waals surface area contributed by atoms with Crippen molar-refractivity contribution < 1.29 is 19.4 Å². The molecule has 0 aromatic heterocycles. The lowest BCUT2D eigenvalue weighted by molar-refractivity contribution is -0.122. The lowest BCUT2D eigenvalue weighted by atomic mass is 10.1. The van der Waals surface area contributed by atoms with Crippen LogP contribution in [0.15, 0.2) is 18.2 Å². The first-order valence-corrected chi connectivity index (χ1v) is 3.58. The molecular weight excluding hydrogens is 175 g/mol. The molecule has 72 valence electrons. The molecule has 0 aliphatic rings. The van der Waals surface area contributed by atoms with E-state index < -0.39 is 6.67 Å². The third-order valence-electron chi connectivity index (χ3n) is 1.38. The lowest BCUT2D eigenvalue weighted by Gasteiger charge is -1.99. The molecule has 4 heteroatoms. The number of rotatable bonds is 1. The van der Waals surface area contributed by atoms with E-state index in [0.717, 1.165) is 5.56 Å². The highest BCUT2D eigenvalue weighted by molar-refractivity contribution is 5.34. The Bertz CT molecular complexity index is 274. The third kappa shape index (κ3) is 4.10. The molecule has 1 rings (SSSR count). The van der Waals surface area contributed by atoms with E-state index in [1.165, 1.54) is 6.07 Å². The number of phenols is 1. The fraction of sp³-hybridized carbons (Fsp3) is 0.222. The summed E-state index contributed by atoms with van der Waals surface area (Å²) in [5.74, 6) is 0.0353. The van der Waals surface area contributed by atoms with Gasteiger partial charge in [0, 0.05) is 5.56 Å². The van der Waals surface area contributed by atoms with Gasteiger partial charge >= 0.3 is 0 Å². The Morgan fingerprint density at radius 1 is 1.54 bits per heavy atom. The van der Waals surface area contributed by atoms with Crippen molar-refractivity contribution in [2.24, 2.45) is 0 Å². The van der Waals surface area contributed by atoms with Gasteiger partial charge in [0.25, 0.3) is 6.47 Å². The molecule has 0 radical (unpaired) electrons. The number of alkyl halides is 1. The Balaban J connectivity index is 0.000000424. The van der Waals surface area contributed by atoms with Gasteiger partial charge in [0.1, 0.15) is 12.4 Å². The smallest absolute Gasteiger partial charge is 0.290 e. The molecule has 0 fully saturated rings. The van der Waals surface area contributed by atoms with Crippen molar-refractivity contribution in [3.63, 3.8) is 0 Å². The van der Waals surface area contributed by atoms with Crippen molar-refractivity contribution in [1.29, 1.82) is 0 Å². The largest absolute Gasteiger partial charge is 0.508 e. The Kier molecular flexibility index (Phi) is 5.27. The molecule has 1 aromatic rings. The summed E-state index contributed by atoms with van der Waals surface area (Å²) in [4.78, 5) is 8.36. The van der Waals surface area contributed by atoms with E-state index in [2.05, 4.69) is 0 Å². The molecule has 0 aliphatic heterocycles. The Morgan fingerprint density at radius 2 is 2.08 bits per heavy atom. The van der Waals surface area contributed by atoms with Crippen LogP contribution in [0.2, 0.25) is 0 Å². The fourth-order valence-electron chi connectivity index (χ4n) is 0.821. The van der Waals surface area contributed by atoms with Gasteiger partial charge in [-0.15, -0.1) is 0 Å². The minimum atomic E-state index is -0.604. The highest BCUT2D eigenvalue weighted by Crippen LogP contribution is 2.18. The van der Waals surface area contributed by atoms with Crippen LogP contribution in [0.5, 0.6) is 5.75 Å². The van der Waals surface area contributed by atoms with Crippen LogP contribution in [0.25, 0.3) is 0 Å². The predicted octanol–water partition coefficient (Wildman–Crippen LogP) is 1.87. The highest BCUT2D eigenvalue weighted by atomic mass is 19.1. The SMILES string of the molecule is Cc1ccc(O)c(CF)c1.O=CO. The number of hydrogen-bond donors (Lipinski definition) is 2. The van der Waals surface area contributed by atoms with Gasteiger partial charge in [0.05, 0.1) is 0 Å². The molecule has 0 atom stereocenters. The van der Waals surface area contributed by atoms with Gasteiger partial charge in [-0.3, -0.25) is 4.79 Å². The number of benzene rings is 1. The van der Waals surface area contributed by atoms with Gasteiger partial charge < -0.3 is 10.2 Å². The molecule has 0 amide bonds. The summed E-state index contributed by atoms with van der Waals surface area (Å²) in [5.41, 5.74) is 1.32. The van der Waals surface area contributed by atoms with E-state index in [1.54, 1.807) is 12.1 Å². The molecule has 1 aromatic carbocycles. The van der Waals surface area contributed by atoms with Crippen LogP contribution in [0, 0.1) is 6.92 Å². The van der Waals surface area contributed by atoms with Gasteiger partial charge in [-0.25, -0.2) is 4.39 Å². The van der Waals surface area contributed by atoms with Crippen LogP contribution in [-0.2, 0) is 11.5 Å². The summed E-state index contributed by atoms with van der Waals surface area (Å²) >= 11 is 0. The Hall–Kier alpha value is -1.58. The molecule has 0 spiro atoms. The van der Waals surface area contributed by atoms with Gasteiger partial charge in [-0.2, -0.15) is 0 Å². The van der Waals surface area contributed by atoms with Crippen molar-refractivity contribution in [3.05, 3.63) is 29.3 Å². The number of aryl methyl sites for hydroxylation is 1. The van der Waals surface area contributed by atoms with E-state index >= 15 is 0 Å². The summed E-state index contributed by atoms with van der Waals surface area (Å²) in [6.07, 6.45) is 0. The molecule has 0 saturated heterocycles. The van der Waals surface area contributed by atoms with Crippen molar-refractivity contribution in [3.8, 4) is 5.75 Å². The van der Waals surface area contributed by atoms with Crippen molar-refractivity contribution in [2.45, 2.75) is 13.6 Å². The number of phenolic OH excluding ortho intramolecular Hbond substituents is 1. The van der Waals surface area contributed by atoms with Crippen molar-refractivity contribution in [2.75, 3.05) is 0 Å². The van der Waals surface area contributed by atoms with Crippen molar-refractivity contribution >= 4 is 6.47 Å². The second-order valence-electron chi connectivity index (χ2n) is 2.37. The molecule has 13 heavy (non-hydrogen) atoms. The minimum Gasteiger partial charge on any atom is -0.508 e. The summed E-state index contributed by atoms with van der Waals surface area (Å²) in [6, 6.07) is 4.88. The van der Waals surface area contributed by atoms with E-state index in [1.807, 2.05) is 6.92 Å². The summed E-state index contributed by atoms with van der Waals surface area (Å²) in [5, 5.41) is 15.9. The van der Waals surface area contributed by atoms with E-state index in [4.69, 9.17) is 15.0 Å². The van der Waals surface area contributed by atoms with Crippen LogP contribution in [0.4, 0.5) is 4.39 Å². The second-order valence-corrected chi connectivity index (χ2v) is 2.37. The van der Waals surface area contributed by atoms with Crippen LogP contribution in [0.3, 0.4) is 0 Å². The molecule has 0 aliphatic carbocycles. The molecular formula is C9H11FO3. The average Bonchev–Trinajstić information content (AvgIpc) is 2.10. The Labute approximate surface area is 75.4 Å². The van der Waals surface area contributed by atoms with E-state index in [0.29, 0.717) is 5.56 Å². The summed E-state index contributed by atoms with van der Waals surface area (Å²) in [7, 11) is 0. The number of carbonyl (C=O) groups is 1. The van der Waals surface area contributed by atoms with Gasteiger partial charge in [-0.1, -0.05) is 11.6 Å². The first kappa shape index (κ1) is 11.4. The van der Waals surface area contributed by atoms with Gasteiger partial charge in [0.15, 0.2) is 0 Å². The van der Waals surface area contributed by atoms with Gasteiger partial charge in [0.2, 0.25) is 0 Å². The standard InChI is InChI=1S/C8H9FO.CH2O2/c1-6-2-3-8(10)7(4-6)5-9;2-1-3/h2-4,10H,5H2,1H3;1H,(H,2,3). The molecule has 0 unspecified atom stereocenters. The minimum absolute atomic E-state index is 0.0353. The maximum absolute atomic E-state index is 12.0. The summed E-state index contributed by atoms with van der Waals surface area (Å²) < 4.78 is 12.0.